The molecule has 0 N–H and O–H groups in total. The van der Waals surface area contributed by atoms with Crippen molar-refractivity contribution in [2.45, 2.75) is 39.5 Å². The molecule has 1 aliphatic rings. The number of carbonyl (C=O) groups excluding carboxylic acids is 1. The van der Waals surface area contributed by atoms with Crippen LogP contribution in [0.2, 0.25) is 0 Å². The van der Waals surface area contributed by atoms with E-state index in [9.17, 15) is 0 Å². The molecule has 80 valence electrons. The summed E-state index contributed by atoms with van der Waals surface area (Å²) in [5.74, 6) is 0.846. The molecule has 0 saturated heterocycles. The van der Waals surface area contributed by atoms with Crippen molar-refractivity contribution >= 4 is 6.29 Å². The van der Waals surface area contributed by atoms with E-state index in [1.165, 1.54) is 25.3 Å². The van der Waals surface area contributed by atoms with Crippen molar-refractivity contribution in [3.63, 3.8) is 0 Å². The Morgan fingerprint density at radius 1 is 1.50 bits per heavy atom. The molecule has 1 heterocycles. The van der Waals surface area contributed by atoms with E-state index in [-0.39, 0.29) is 0 Å². The van der Waals surface area contributed by atoms with E-state index >= 15 is 0 Å². The molecule has 1 aromatic heterocycles. The third kappa shape index (κ3) is 4.80. The van der Waals surface area contributed by atoms with Crippen LogP contribution < -0.4 is 0 Å². The number of aryl methyl sites for hydroxylation is 1. The van der Waals surface area contributed by atoms with Gasteiger partial charge in [-0.2, -0.15) is 5.10 Å². The predicted octanol–water partition coefficient (Wildman–Crippen LogP) is 2.53. The van der Waals surface area contributed by atoms with Gasteiger partial charge < -0.3 is 4.79 Å². The Kier molecular flexibility index (Phi) is 6.72. The fourth-order valence-electron chi connectivity index (χ4n) is 1.07. The Hall–Kier alpha value is -1.12. The molecule has 0 spiro atoms. The van der Waals surface area contributed by atoms with Crippen molar-refractivity contribution in [2.75, 3.05) is 0 Å². The van der Waals surface area contributed by atoms with Gasteiger partial charge in [0.15, 0.2) is 0 Å². The lowest BCUT2D eigenvalue weighted by Gasteiger charge is -1.84. The van der Waals surface area contributed by atoms with Crippen LogP contribution in [0.4, 0.5) is 0 Å². The van der Waals surface area contributed by atoms with Gasteiger partial charge >= 0.3 is 0 Å². The Bertz CT molecular complexity index is 252. The van der Waals surface area contributed by atoms with E-state index < -0.39 is 0 Å². The maximum Gasteiger partial charge on any atom is 0.116 e. The molecule has 1 saturated carbocycles. The molecule has 1 aliphatic carbocycles. The van der Waals surface area contributed by atoms with Crippen LogP contribution in [0.5, 0.6) is 0 Å². The smallest absolute Gasteiger partial charge is 0.116 e. The van der Waals surface area contributed by atoms with E-state index in [0.717, 1.165) is 12.2 Å². The molecular formula is C11H20N2O. The highest BCUT2D eigenvalue weighted by Gasteiger charge is 2.24. The molecule has 0 atom stereocenters. The fourth-order valence-corrected chi connectivity index (χ4v) is 1.07. The van der Waals surface area contributed by atoms with Crippen LogP contribution in [-0.2, 0) is 11.8 Å². The lowest BCUT2D eigenvalue weighted by Crippen LogP contribution is -1.84. The summed E-state index contributed by atoms with van der Waals surface area (Å²) >= 11 is 0. The summed E-state index contributed by atoms with van der Waals surface area (Å²) in [6, 6.07) is 0. The molecular weight excluding hydrogens is 176 g/mol. The highest BCUT2D eigenvalue weighted by Crippen LogP contribution is 2.39. The Balaban J connectivity index is 0.000000294. The van der Waals surface area contributed by atoms with Crippen molar-refractivity contribution in [1.29, 1.82) is 0 Å². The lowest BCUT2D eigenvalue weighted by atomic mass is 10.2. The summed E-state index contributed by atoms with van der Waals surface area (Å²) < 4.78 is 1.87. The molecule has 3 nitrogen and oxygen atoms in total. The van der Waals surface area contributed by atoms with Gasteiger partial charge in [0.2, 0.25) is 0 Å². The van der Waals surface area contributed by atoms with Crippen molar-refractivity contribution in [3.05, 3.63) is 18.0 Å². The lowest BCUT2D eigenvalue weighted by molar-refractivity contribution is -0.106. The Morgan fingerprint density at radius 2 is 2.00 bits per heavy atom. The largest absolute Gasteiger partial charge is 0.304 e. The molecule has 1 fully saturated rings. The van der Waals surface area contributed by atoms with Gasteiger partial charge in [-0.05, 0) is 31.2 Å². The maximum atomic E-state index is 8.81. The third-order valence-electron chi connectivity index (χ3n) is 1.77. The monoisotopic (exact) mass is 196 g/mol. The highest BCUT2D eigenvalue weighted by atomic mass is 16.1. The fraction of sp³-hybridized carbons (Fsp3) is 0.636. The molecule has 14 heavy (non-hydrogen) atoms. The van der Waals surface area contributed by atoms with Crippen LogP contribution in [0.3, 0.4) is 0 Å². The number of aldehydes is 1. The van der Waals surface area contributed by atoms with E-state index in [0.29, 0.717) is 0 Å². The summed E-state index contributed by atoms with van der Waals surface area (Å²) in [5.41, 5.74) is 1.41. The third-order valence-corrected chi connectivity index (χ3v) is 1.77. The van der Waals surface area contributed by atoms with Gasteiger partial charge in [-0.3, -0.25) is 4.68 Å². The first-order valence-electron chi connectivity index (χ1n) is 5.16. The predicted molar refractivity (Wildman–Crippen MR) is 58.3 cm³/mol. The highest BCUT2D eigenvalue weighted by molar-refractivity contribution is 5.44. The molecule has 0 unspecified atom stereocenters. The van der Waals surface area contributed by atoms with Gasteiger partial charge in [-0.1, -0.05) is 13.8 Å². The molecule has 0 aliphatic heterocycles. The Labute approximate surface area is 86.1 Å². The van der Waals surface area contributed by atoms with E-state index in [1.54, 1.807) is 0 Å². The maximum absolute atomic E-state index is 8.81. The zero-order chi connectivity index (χ0) is 11.0. The molecule has 3 heteroatoms. The second kappa shape index (κ2) is 7.30. The first kappa shape index (κ1) is 12.9. The zero-order valence-corrected chi connectivity index (χ0v) is 9.53. The van der Waals surface area contributed by atoms with Gasteiger partial charge in [0, 0.05) is 13.2 Å². The summed E-state index contributed by atoms with van der Waals surface area (Å²) in [4.78, 5) is 8.81. The molecule has 0 amide bonds. The normalized spacial score (nSPS) is 13.1. The van der Waals surface area contributed by atoms with Crippen molar-refractivity contribution < 1.29 is 4.79 Å². The summed E-state index contributed by atoms with van der Waals surface area (Å²) in [6.07, 6.45) is 7.56. The molecule has 1 aromatic rings. The number of hydrogen-bond acceptors (Lipinski definition) is 2. The van der Waals surface area contributed by atoms with Crippen molar-refractivity contribution in [1.82, 2.24) is 9.78 Å². The average molecular weight is 196 g/mol. The summed E-state index contributed by atoms with van der Waals surface area (Å²) in [7, 11) is 1.96. The minimum Gasteiger partial charge on any atom is -0.304 e. The van der Waals surface area contributed by atoms with Crippen LogP contribution in [0.15, 0.2) is 12.4 Å². The van der Waals surface area contributed by atoms with E-state index in [4.69, 9.17) is 4.79 Å². The van der Waals surface area contributed by atoms with E-state index in [1.807, 2.05) is 31.8 Å². The molecule has 0 radical (unpaired) electrons. The SMILES string of the molecule is CC.CC=O.Cn1cc(C2CC2)cn1. The first-order chi connectivity index (χ1) is 6.77. The summed E-state index contributed by atoms with van der Waals surface area (Å²) in [6.45, 7) is 5.44. The van der Waals surface area contributed by atoms with Crippen LogP contribution >= 0.6 is 0 Å². The minimum atomic E-state index is 0.750. The molecule has 0 aromatic carbocycles. The number of hydrogen-bond donors (Lipinski definition) is 0. The number of rotatable bonds is 1. The van der Waals surface area contributed by atoms with Gasteiger partial charge in [-0.15, -0.1) is 0 Å². The van der Waals surface area contributed by atoms with Gasteiger partial charge in [0.25, 0.3) is 0 Å². The topological polar surface area (TPSA) is 34.9 Å². The second-order valence-electron chi connectivity index (χ2n) is 2.96. The number of carbonyl (C=O) groups is 1. The van der Waals surface area contributed by atoms with Crippen LogP contribution in [0, 0.1) is 0 Å². The quantitative estimate of drug-likeness (QED) is 0.647. The minimum absolute atomic E-state index is 0.750. The molecule has 2 rings (SSSR count). The second-order valence-corrected chi connectivity index (χ2v) is 2.96. The number of aromatic nitrogens is 2. The van der Waals surface area contributed by atoms with Crippen LogP contribution in [0.1, 0.15) is 45.1 Å². The zero-order valence-electron chi connectivity index (χ0n) is 9.53. The van der Waals surface area contributed by atoms with E-state index in [2.05, 4.69) is 11.3 Å². The average Bonchev–Trinajstić information content (AvgIpc) is 2.95. The van der Waals surface area contributed by atoms with Crippen molar-refractivity contribution in [2.24, 2.45) is 7.05 Å². The van der Waals surface area contributed by atoms with Crippen molar-refractivity contribution in [3.8, 4) is 0 Å². The van der Waals surface area contributed by atoms with Crippen LogP contribution in [-0.4, -0.2) is 16.1 Å². The number of nitrogens with zero attached hydrogens (tertiary/aromatic N) is 2. The van der Waals surface area contributed by atoms with Gasteiger partial charge in [0.1, 0.15) is 6.29 Å². The standard InChI is InChI=1S/C7H10N2.C2H4O.C2H6/c1-9-5-7(4-8-9)6-2-3-6;1-2-3;1-2/h4-6H,2-3H2,1H3;2H,1H3;1-2H3. The Morgan fingerprint density at radius 3 is 2.29 bits per heavy atom. The van der Waals surface area contributed by atoms with Gasteiger partial charge in [0.05, 0.1) is 6.20 Å². The van der Waals surface area contributed by atoms with Gasteiger partial charge in [-0.25, -0.2) is 0 Å². The molecule has 0 bridgehead atoms. The first-order valence-corrected chi connectivity index (χ1v) is 5.16. The summed E-state index contributed by atoms with van der Waals surface area (Å²) in [5, 5.41) is 4.09. The van der Waals surface area contributed by atoms with Crippen LogP contribution in [0.25, 0.3) is 0 Å².